The van der Waals surface area contributed by atoms with Crippen molar-refractivity contribution in [3.05, 3.63) is 28.7 Å². The van der Waals surface area contributed by atoms with Crippen molar-refractivity contribution in [1.29, 1.82) is 0 Å². The highest BCUT2D eigenvalue weighted by Gasteiger charge is 2.40. The molecule has 2 aromatic rings. The highest BCUT2D eigenvalue weighted by Crippen LogP contribution is 2.34. The van der Waals surface area contributed by atoms with Crippen LogP contribution in [0.25, 0.3) is 0 Å². The van der Waals surface area contributed by atoms with E-state index in [1.807, 2.05) is 4.90 Å². The molecule has 0 aliphatic carbocycles. The lowest BCUT2D eigenvalue weighted by Crippen LogP contribution is -2.49. The number of carbonyl (C=O) groups is 1. The molecule has 1 amide bonds. The van der Waals surface area contributed by atoms with Gasteiger partial charge in [-0.3, -0.25) is 9.48 Å². The number of nitrogen functional groups attached to an aromatic ring is 1. The predicted octanol–water partition coefficient (Wildman–Crippen LogP) is 1.43. The van der Waals surface area contributed by atoms with E-state index in [-0.39, 0.29) is 10.8 Å². The number of nitrogens with zero attached hydrogens (tertiary/aromatic N) is 6. The largest absolute Gasteiger partial charge is 0.437 e. The molecule has 0 spiro atoms. The van der Waals surface area contributed by atoms with E-state index >= 15 is 0 Å². The molecule has 2 N–H and O–H groups in total. The number of aryl methyl sites for hydroxylation is 1. The van der Waals surface area contributed by atoms with Crippen molar-refractivity contribution in [2.45, 2.75) is 6.18 Å². The molecule has 3 heterocycles. The molecule has 140 valence electrons. The summed E-state index contributed by atoms with van der Waals surface area (Å²) in [4.78, 5) is 16.0. The minimum absolute atomic E-state index is 0.267. The molecule has 12 heteroatoms. The fourth-order valence-corrected chi connectivity index (χ4v) is 2.87. The Morgan fingerprint density at radius 2 is 1.85 bits per heavy atom. The van der Waals surface area contributed by atoms with E-state index in [0.29, 0.717) is 32.0 Å². The first kappa shape index (κ1) is 18.2. The van der Waals surface area contributed by atoms with Gasteiger partial charge < -0.3 is 15.5 Å². The Hall–Kier alpha value is -2.56. The summed E-state index contributed by atoms with van der Waals surface area (Å²) in [7, 11) is 1.26. The zero-order valence-electron chi connectivity index (χ0n) is 13.7. The van der Waals surface area contributed by atoms with Gasteiger partial charge in [0.25, 0.3) is 5.91 Å². The number of piperazine rings is 1. The van der Waals surface area contributed by atoms with E-state index in [0.717, 1.165) is 4.68 Å². The van der Waals surface area contributed by atoms with Gasteiger partial charge in [-0.15, -0.1) is 10.2 Å². The second-order valence-corrected chi connectivity index (χ2v) is 6.11. The maximum absolute atomic E-state index is 12.9. The summed E-state index contributed by atoms with van der Waals surface area (Å²) in [6.45, 7) is 1.50. The number of hydrogen-bond donors (Lipinski definition) is 1. The summed E-state index contributed by atoms with van der Waals surface area (Å²) in [6.07, 6.45) is -4.72. The fourth-order valence-electron chi connectivity index (χ4n) is 2.77. The molecule has 0 bridgehead atoms. The number of halogens is 4. The molecule has 3 rings (SSSR count). The third-order valence-electron chi connectivity index (χ3n) is 4.06. The lowest BCUT2D eigenvalue weighted by atomic mass is 10.2. The molecule has 0 radical (unpaired) electrons. The van der Waals surface area contributed by atoms with Crippen molar-refractivity contribution in [2.75, 3.05) is 36.8 Å². The number of nitrogens with two attached hydrogens (primary N) is 1. The number of carbonyl (C=O) groups excluding carboxylic acids is 1. The quantitative estimate of drug-likeness (QED) is 0.835. The van der Waals surface area contributed by atoms with Gasteiger partial charge >= 0.3 is 6.18 Å². The molecule has 26 heavy (non-hydrogen) atoms. The summed E-state index contributed by atoms with van der Waals surface area (Å²) in [5.41, 5.74) is 3.36. The molecular formula is C14H15ClF3N7O. The topological polar surface area (TPSA) is 93.2 Å². The van der Waals surface area contributed by atoms with Gasteiger partial charge in [-0.05, 0) is 12.1 Å². The van der Waals surface area contributed by atoms with Crippen LogP contribution in [0.2, 0.25) is 5.15 Å². The monoisotopic (exact) mass is 389 g/mol. The number of alkyl halides is 3. The van der Waals surface area contributed by atoms with Crippen molar-refractivity contribution >= 4 is 29.0 Å². The van der Waals surface area contributed by atoms with Crippen molar-refractivity contribution in [3.8, 4) is 0 Å². The van der Waals surface area contributed by atoms with Crippen LogP contribution in [-0.4, -0.2) is 57.0 Å². The second kappa shape index (κ2) is 6.63. The van der Waals surface area contributed by atoms with Crippen LogP contribution in [0, 0.1) is 0 Å². The summed E-state index contributed by atoms with van der Waals surface area (Å²) >= 11 is 5.70. The number of hydrogen-bond acceptors (Lipinski definition) is 6. The summed E-state index contributed by atoms with van der Waals surface area (Å²) in [6, 6.07) is 3.32. The third-order valence-corrected chi connectivity index (χ3v) is 4.27. The van der Waals surface area contributed by atoms with Gasteiger partial charge in [-0.25, -0.2) is 0 Å². The predicted molar refractivity (Wildman–Crippen MR) is 87.8 cm³/mol. The first-order chi connectivity index (χ1) is 12.2. The standard InChI is InChI=1S/C14H15ClF3N7O/c1-23-11(10(19)12(22-23)14(16,17)18)13(26)25-6-4-24(5-7-25)9-3-2-8(15)20-21-9/h2-3H,4-7,19H2,1H3. The van der Waals surface area contributed by atoms with Crippen molar-refractivity contribution in [1.82, 2.24) is 24.9 Å². The summed E-state index contributed by atoms with van der Waals surface area (Å²) < 4.78 is 39.6. The SMILES string of the molecule is Cn1nc(C(F)(F)F)c(N)c1C(=O)N1CCN(c2ccc(Cl)nn2)CC1. The lowest BCUT2D eigenvalue weighted by Gasteiger charge is -2.35. The van der Waals surface area contributed by atoms with Gasteiger partial charge in [0.1, 0.15) is 5.69 Å². The van der Waals surface area contributed by atoms with E-state index in [2.05, 4.69) is 15.3 Å². The van der Waals surface area contributed by atoms with Crippen LogP contribution in [0.3, 0.4) is 0 Å². The highest BCUT2D eigenvalue weighted by atomic mass is 35.5. The number of aromatic nitrogens is 4. The van der Waals surface area contributed by atoms with Crippen molar-refractivity contribution < 1.29 is 18.0 Å². The Labute approximate surface area is 151 Å². The zero-order valence-corrected chi connectivity index (χ0v) is 14.4. The van der Waals surface area contributed by atoms with Crippen LogP contribution in [-0.2, 0) is 13.2 Å². The third kappa shape index (κ3) is 3.39. The van der Waals surface area contributed by atoms with Crippen LogP contribution < -0.4 is 10.6 Å². The Morgan fingerprint density at radius 3 is 2.35 bits per heavy atom. The zero-order chi connectivity index (χ0) is 19.1. The molecule has 0 atom stereocenters. The van der Waals surface area contributed by atoms with E-state index in [1.165, 1.54) is 11.9 Å². The first-order valence-corrected chi connectivity index (χ1v) is 7.99. The second-order valence-electron chi connectivity index (χ2n) is 5.73. The van der Waals surface area contributed by atoms with Crippen molar-refractivity contribution in [2.24, 2.45) is 7.05 Å². The smallest absolute Gasteiger partial charge is 0.395 e. The maximum Gasteiger partial charge on any atom is 0.437 e. The summed E-state index contributed by atoms with van der Waals surface area (Å²) in [5, 5.41) is 11.4. The van der Waals surface area contributed by atoms with Gasteiger partial charge in [0.2, 0.25) is 0 Å². The molecule has 8 nitrogen and oxygen atoms in total. The molecule has 0 saturated carbocycles. The molecule has 1 saturated heterocycles. The van der Waals surface area contributed by atoms with E-state index in [1.54, 1.807) is 12.1 Å². The molecule has 1 aliphatic heterocycles. The van der Waals surface area contributed by atoms with Crippen LogP contribution >= 0.6 is 11.6 Å². The Kier molecular flexibility index (Phi) is 4.65. The number of anilines is 2. The summed E-state index contributed by atoms with van der Waals surface area (Å²) in [5.74, 6) is 0.0238. The maximum atomic E-state index is 12.9. The van der Waals surface area contributed by atoms with Gasteiger partial charge in [0.05, 0.1) is 5.69 Å². The van der Waals surface area contributed by atoms with Crippen LogP contribution in [0.5, 0.6) is 0 Å². The van der Waals surface area contributed by atoms with Gasteiger partial charge in [-0.2, -0.15) is 18.3 Å². The van der Waals surface area contributed by atoms with Gasteiger partial charge in [0.15, 0.2) is 16.7 Å². The van der Waals surface area contributed by atoms with E-state index < -0.39 is 23.5 Å². The van der Waals surface area contributed by atoms with Crippen LogP contribution in [0.4, 0.5) is 24.7 Å². The molecule has 1 aliphatic rings. The minimum Gasteiger partial charge on any atom is -0.395 e. The first-order valence-electron chi connectivity index (χ1n) is 7.61. The molecule has 0 unspecified atom stereocenters. The van der Waals surface area contributed by atoms with E-state index in [9.17, 15) is 18.0 Å². The van der Waals surface area contributed by atoms with Crippen LogP contribution in [0.15, 0.2) is 12.1 Å². The average molecular weight is 390 g/mol. The molecule has 0 aromatic carbocycles. The van der Waals surface area contributed by atoms with Gasteiger partial charge in [-0.1, -0.05) is 11.6 Å². The molecule has 2 aromatic heterocycles. The normalized spacial score (nSPS) is 15.4. The van der Waals surface area contributed by atoms with E-state index in [4.69, 9.17) is 17.3 Å². The number of amides is 1. The van der Waals surface area contributed by atoms with Crippen LogP contribution in [0.1, 0.15) is 16.2 Å². The minimum atomic E-state index is -4.72. The molecule has 1 fully saturated rings. The van der Waals surface area contributed by atoms with Gasteiger partial charge in [0, 0.05) is 33.2 Å². The Bertz CT molecular complexity index is 813. The lowest BCUT2D eigenvalue weighted by molar-refractivity contribution is -0.140. The van der Waals surface area contributed by atoms with Crippen molar-refractivity contribution in [3.63, 3.8) is 0 Å². The number of rotatable bonds is 2. The highest BCUT2D eigenvalue weighted by molar-refractivity contribution is 6.29. The average Bonchev–Trinajstić information content (AvgIpc) is 2.90. The Morgan fingerprint density at radius 1 is 1.19 bits per heavy atom. The Balaban J connectivity index is 1.73. The molecular weight excluding hydrogens is 375 g/mol. The fraction of sp³-hybridized carbons (Fsp3) is 0.429.